The predicted octanol–water partition coefficient (Wildman–Crippen LogP) is 2.06. The lowest BCUT2D eigenvalue weighted by Crippen LogP contribution is -2.35. The first-order valence-corrected chi connectivity index (χ1v) is 7.88. The largest absolute Gasteiger partial charge is 0.497 e. The van der Waals surface area contributed by atoms with Crippen LogP contribution in [0.4, 0.5) is 0 Å². The second-order valence-electron chi connectivity index (χ2n) is 5.64. The van der Waals surface area contributed by atoms with Crippen LogP contribution in [0.5, 0.6) is 5.75 Å². The van der Waals surface area contributed by atoms with Crippen LogP contribution in [0.3, 0.4) is 0 Å². The first kappa shape index (κ1) is 17.3. The van der Waals surface area contributed by atoms with E-state index in [1.54, 1.807) is 7.11 Å². The number of hydrogen-bond acceptors (Lipinski definition) is 4. The zero-order valence-corrected chi connectivity index (χ0v) is 13.9. The Bertz CT molecular complexity index is 544. The summed E-state index contributed by atoms with van der Waals surface area (Å²) in [4.78, 5) is 31.2. The van der Waals surface area contributed by atoms with Crippen molar-refractivity contribution in [2.24, 2.45) is 5.92 Å². The average molecular weight is 320 g/mol. The first-order valence-electron chi connectivity index (χ1n) is 7.88. The first-order chi connectivity index (χ1) is 11.1. The number of rotatable bonds is 7. The summed E-state index contributed by atoms with van der Waals surface area (Å²) in [5, 5.41) is 0. The van der Waals surface area contributed by atoms with Crippen LogP contribution in [0.25, 0.3) is 0 Å². The molecular formula is C17H24N2O4. The molecule has 2 atom stereocenters. The molecule has 1 fully saturated rings. The van der Waals surface area contributed by atoms with Gasteiger partial charge < -0.3 is 9.64 Å². The SMILES string of the molecule is CCCCN1C(=O)C[C@@H](C(=O)NOC)[C@H]1c1ccc(OC)cc1. The van der Waals surface area contributed by atoms with Gasteiger partial charge in [-0.15, -0.1) is 0 Å². The molecule has 1 aliphatic rings. The Kier molecular flexibility index (Phi) is 5.98. The van der Waals surface area contributed by atoms with E-state index in [1.807, 2.05) is 29.2 Å². The van der Waals surface area contributed by atoms with Crippen LogP contribution in [0.1, 0.15) is 37.8 Å². The minimum absolute atomic E-state index is 0.00974. The Morgan fingerprint density at radius 1 is 1.30 bits per heavy atom. The highest BCUT2D eigenvalue weighted by atomic mass is 16.6. The minimum atomic E-state index is -0.451. The van der Waals surface area contributed by atoms with E-state index in [9.17, 15) is 9.59 Å². The molecule has 6 heteroatoms. The zero-order chi connectivity index (χ0) is 16.8. The molecule has 0 saturated carbocycles. The third-order valence-corrected chi connectivity index (χ3v) is 4.18. The molecule has 1 aromatic rings. The van der Waals surface area contributed by atoms with Crippen molar-refractivity contribution in [1.29, 1.82) is 0 Å². The van der Waals surface area contributed by atoms with Gasteiger partial charge in [0.15, 0.2) is 0 Å². The molecule has 2 amide bonds. The maximum atomic E-state index is 12.4. The minimum Gasteiger partial charge on any atom is -0.497 e. The van der Waals surface area contributed by atoms with Crippen molar-refractivity contribution in [2.75, 3.05) is 20.8 Å². The van der Waals surface area contributed by atoms with Gasteiger partial charge in [0.25, 0.3) is 0 Å². The Morgan fingerprint density at radius 3 is 2.57 bits per heavy atom. The summed E-state index contributed by atoms with van der Waals surface area (Å²) in [6.45, 7) is 2.74. The molecule has 0 aromatic heterocycles. The molecule has 0 radical (unpaired) electrons. The number of unbranched alkanes of at least 4 members (excludes halogenated alkanes) is 1. The molecule has 23 heavy (non-hydrogen) atoms. The number of carbonyl (C=O) groups is 2. The van der Waals surface area contributed by atoms with Crippen LogP contribution in [0, 0.1) is 5.92 Å². The molecular weight excluding hydrogens is 296 g/mol. The second-order valence-corrected chi connectivity index (χ2v) is 5.64. The molecule has 0 bridgehead atoms. The number of likely N-dealkylation sites (tertiary alicyclic amines) is 1. The normalized spacial score (nSPS) is 20.7. The van der Waals surface area contributed by atoms with Gasteiger partial charge in [-0.2, -0.15) is 0 Å². The highest BCUT2D eigenvalue weighted by Gasteiger charge is 2.44. The molecule has 0 unspecified atom stereocenters. The van der Waals surface area contributed by atoms with Crippen molar-refractivity contribution < 1.29 is 19.2 Å². The van der Waals surface area contributed by atoms with E-state index in [0.717, 1.165) is 24.2 Å². The second kappa shape index (κ2) is 7.97. The van der Waals surface area contributed by atoms with Gasteiger partial charge in [0, 0.05) is 13.0 Å². The van der Waals surface area contributed by atoms with Gasteiger partial charge in [-0.3, -0.25) is 14.4 Å². The number of hydroxylamine groups is 1. The lowest BCUT2D eigenvalue weighted by atomic mass is 9.93. The molecule has 1 heterocycles. The summed E-state index contributed by atoms with van der Waals surface area (Å²) in [6, 6.07) is 7.25. The molecule has 6 nitrogen and oxygen atoms in total. The van der Waals surface area contributed by atoms with Crippen molar-refractivity contribution in [3.63, 3.8) is 0 Å². The Hall–Kier alpha value is -2.08. The van der Waals surface area contributed by atoms with Crippen LogP contribution in [-0.4, -0.2) is 37.5 Å². The number of nitrogens with one attached hydrogen (secondary N) is 1. The van der Waals surface area contributed by atoms with E-state index in [-0.39, 0.29) is 24.3 Å². The van der Waals surface area contributed by atoms with Crippen molar-refractivity contribution in [1.82, 2.24) is 10.4 Å². The van der Waals surface area contributed by atoms with Crippen LogP contribution >= 0.6 is 0 Å². The van der Waals surface area contributed by atoms with Crippen molar-refractivity contribution in [3.8, 4) is 5.75 Å². The van der Waals surface area contributed by atoms with Gasteiger partial charge in [0.1, 0.15) is 5.75 Å². The lowest BCUT2D eigenvalue weighted by Gasteiger charge is -2.28. The van der Waals surface area contributed by atoms with Gasteiger partial charge in [0.2, 0.25) is 11.8 Å². The number of benzene rings is 1. The number of methoxy groups -OCH3 is 1. The fraction of sp³-hybridized carbons (Fsp3) is 0.529. The summed E-state index contributed by atoms with van der Waals surface area (Å²) in [5.74, 6) is 0.0416. The maximum Gasteiger partial charge on any atom is 0.249 e. The summed E-state index contributed by atoms with van der Waals surface area (Å²) >= 11 is 0. The molecule has 0 spiro atoms. The van der Waals surface area contributed by atoms with Gasteiger partial charge in [-0.05, 0) is 24.1 Å². The maximum absolute atomic E-state index is 12.4. The third-order valence-electron chi connectivity index (χ3n) is 4.18. The fourth-order valence-corrected chi connectivity index (χ4v) is 3.01. The molecule has 1 aromatic carbocycles. The molecule has 1 saturated heterocycles. The smallest absolute Gasteiger partial charge is 0.249 e. The van der Waals surface area contributed by atoms with Gasteiger partial charge in [-0.1, -0.05) is 25.5 Å². The van der Waals surface area contributed by atoms with Crippen LogP contribution in [-0.2, 0) is 14.4 Å². The fourth-order valence-electron chi connectivity index (χ4n) is 3.01. The van der Waals surface area contributed by atoms with E-state index in [1.165, 1.54) is 7.11 Å². The molecule has 126 valence electrons. The highest BCUT2D eigenvalue weighted by molar-refractivity contribution is 5.90. The summed E-state index contributed by atoms with van der Waals surface area (Å²) in [7, 11) is 3.00. The summed E-state index contributed by atoms with van der Waals surface area (Å²) < 4.78 is 5.18. The Morgan fingerprint density at radius 2 is 2.00 bits per heavy atom. The van der Waals surface area contributed by atoms with E-state index < -0.39 is 5.92 Å². The molecule has 0 aliphatic carbocycles. The third kappa shape index (κ3) is 3.82. The number of carbonyl (C=O) groups excluding carboxylic acids is 2. The quantitative estimate of drug-likeness (QED) is 0.781. The summed E-state index contributed by atoms with van der Waals surface area (Å²) in [6.07, 6.45) is 2.11. The number of amides is 2. The van der Waals surface area contributed by atoms with E-state index in [4.69, 9.17) is 9.57 Å². The van der Waals surface area contributed by atoms with E-state index >= 15 is 0 Å². The zero-order valence-electron chi connectivity index (χ0n) is 13.9. The monoisotopic (exact) mass is 320 g/mol. The van der Waals surface area contributed by atoms with Crippen molar-refractivity contribution >= 4 is 11.8 Å². The Balaban J connectivity index is 2.31. The van der Waals surface area contributed by atoms with Crippen LogP contribution < -0.4 is 10.2 Å². The average Bonchev–Trinajstić information content (AvgIpc) is 2.90. The Labute approximate surface area is 136 Å². The number of ether oxygens (including phenoxy) is 1. The molecule has 1 N–H and O–H groups in total. The van der Waals surface area contributed by atoms with E-state index in [2.05, 4.69) is 12.4 Å². The number of nitrogens with zero attached hydrogens (tertiary/aromatic N) is 1. The van der Waals surface area contributed by atoms with Crippen molar-refractivity contribution in [2.45, 2.75) is 32.2 Å². The standard InChI is InChI=1S/C17H24N2O4/c1-4-5-10-19-15(20)11-14(17(21)18-23-3)16(19)12-6-8-13(22-2)9-7-12/h6-9,14,16H,4-5,10-11H2,1-3H3,(H,18,21)/t14-,16-/m1/s1. The van der Waals surface area contributed by atoms with Gasteiger partial charge >= 0.3 is 0 Å². The van der Waals surface area contributed by atoms with Crippen LogP contribution in [0.15, 0.2) is 24.3 Å². The molecule has 2 rings (SSSR count). The van der Waals surface area contributed by atoms with Gasteiger partial charge in [-0.25, -0.2) is 5.48 Å². The van der Waals surface area contributed by atoms with Crippen molar-refractivity contribution in [3.05, 3.63) is 29.8 Å². The predicted molar refractivity (Wildman–Crippen MR) is 85.6 cm³/mol. The topological polar surface area (TPSA) is 67.9 Å². The number of hydrogen-bond donors (Lipinski definition) is 1. The highest BCUT2D eigenvalue weighted by Crippen LogP contribution is 2.39. The van der Waals surface area contributed by atoms with Crippen LogP contribution in [0.2, 0.25) is 0 Å². The lowest BCUT2D eigenvalue weighted by molar-refractivity contribution is -0.136. The molecule has 1 aliphatic heterocycles. The summed E-state index contributed by atoms with van der Waals surface area (Å²) in [5.41, 5.74) is 3.30. The van der Waals surface area contributed by atoms with E-state index in [0.29, 0.717) is 6.54 Å². The van der Waals surface area contributed by atoms with Gasteiger partial charge in [0.05, 0.1) is 26.2 Å².